The van der Waals surface area contributed by atoms with E-state index in [4.69, 9.17) is 22.8 Å². The molecule has 1 aliphatic rings. The smallest absolute Gasteiger partial charge is 0.172 e. The fourth-order valence-electron chi connectivity index (χ4n) is 1.91. The highest BCUT2D eigenvalue weighted by molar-refractivity contribution is 6.33. The fourth-order valence-corrected chi connectivity index (χ4v) is 2.09. The molecule has 2 atom stereocenters. The number of fused-ring (bicyclic) bond motifs is 1. The highest BCUT2D eigenvalue weighted by Gasteiger charge is 2.34. The van der Waals surface area contributed by atoms with Crippen LogP contribution in [0.3, 0.4) is 0 Å². The van der Waals surface area contributed by atoms with E-state index in [0.717, 1.165) is 0 Å². The topological polar surface area (TPSA) is 73.1 Å². The van der Waals surface area contributed by atoms with Gasteiger partial charge in [0.25, 0.3) is 0 Å². The Morgan fingerprint density at radius 2 is 2.37 bits per heavy atom. The van der Waals surface area contributed by atoms with E-state index in [1.807, 2.05) is 0 Å². The molecule has 0 fully saturated rings. The maximum absolute atomic E-state index is 9.30. The summed E-state index contributed by atoms with van der Waals surface area (Å²) < 4.78 is 7.34. The first kappa shape index (κ1) is 12.1. The molecule has 2 aromatic rings. The first-order chi connectivity index (χ1) is 9.19. The van der Waals surface area contributed by atoms with Crippen molar-refractivity contribution < 1.29 is 9.84 Å². The van der Waals surface area contributed by atoms with E-state index in [1.54, 1.807) is 23.0 Å². The van der Waals surface area contributed by atoms with Crippen LogP contribution in [0.5, 0.6) is 0 Å². The van der Waals surface area contributed by atoms with Crippen LogP contribution in [0.1, 0.15) is 6.23 Å². The predicted octanol–water partition coefficient (Wildman–Crippen LogP) is 0.929. The van der Waals surface area contributed by atoms with E-state index in [9.17, 15) is 5.11 Å². The van der Waals surface area contributed by atoms with Gasteiger partial charge >= 0.3 is 0 Å². The summed E-state index contributed by atoms with van der Waals surface area (Å²) in [5.74, 6) is 2.43. The van der Waals surface area contributed by atoms with Crippen molar-refractivity contribution in [1.29, 1.82) is 0 Å². The number of rotatable bonds is 2. The van der Waals surface area contributed by atoms with Gasteiger partial charge < -0.3 is 9.84 Å². The van der Waals surface area contributed by atoms with Crippen LogP contribution in [-0.4, -0.2) is 36.8 Å². The van der Waals surface area contributed by atoms with Gasteiger partial charge in [0.15, 0.2) is 22.6 Å². The number of nitrogens with zero attached hydrogens (tertiary/aromatic N) is 4. The molecule has 0 saturated heterocycles. The number of hydrogen-bond acceptors (Lipinski definition) is 5. The Morgan fingerprint density at radius 1 is 1.53 bits per heavy atom. The molecule has 0 aromatic carbocycles. The Kier molecular flexibility index (Phi) is 2.75. The van der Waals surface area contributed by atoms with Crippen molar-refractivity contribution in [3.63, 3.8) is 0 Å². The van der Waals surface area contributed by atoms with Gasteiger partial charge in [-0.2, -0.15) is 0 Å². The summed E-state index contributed by atoms with van der Waals surface area (Å²) in [6.45, 7) is -0.293. The maximum Gasteiger partial charge on any atom is 0.172 e. The molecule has 0 saturated carbocycles. The van der Waals surface area contributed by atoms with Crippen molar-refractivity contribution in [3.05, 3.63) is 30.0 Å². The molecule has 19 heavy (non-hydrogen) atoms. The molecule has 2 aromatic heterocycles. The number of hydrogen-bond donors (Lipinski definition) is 1. The summed E-state index contributed by atoms with van der Waals surface area (Å²) in [5, 5.41) is 9.57. The van der Waals surface area contributed by atoms with E-state index in [2.05, 4.69) is 20.9 Å². The molecule has 0 bridgehead atoms. The monoisotopic (exact) mass is 276 g/mol. The van der Waals surface area contributed by atoms with Gasteiger partial charge in [-0.25, -0.2) is 15.0 Å². The van der Waals surface area contributed by atoms with Crippen LogP contribution in [0, 0.1) is 12.3 Å². The Labute approximate surface area is 113 Å². The van der Waals surface area contributed by atoms with Crippen molar-refractivity contribution >= 4 is 22.8 Å². The summed E-state index contributed by atoms with van der Waals surface area (Å²) in [5.41, 5.74) is -0.0678. The van der Waals surface area contributed by atoms with Gasteiger partial charge in [-0.05, 0) is 12.2 Å². The Bertz CT molecular complexity index is 705. The van der Waals surface area contributed by atoms with Crippen LogP contribution in [0.4, 0.5) is 0 Å². The summed E-state index contributed by atoms with van der Waals surface area (Å²) in [4.78, 5) is 12.1. The zero-order valence-electron chi connectivity index (χ0n) is 9.69. The molecule has 96 valence electrons. The van der Waals surface area contributed by atoms with Crippen molar-refractivity contribution in [2.75, 3.05) is 6.61 Å². The van der Waals surface area contributed by atoms with E-state index in [1.165, 1.54) is 6.33 Å². The third kappa shape index (κ3) is 1.79. The van der Waals surface area contributed by atoms with Gasteiger partial charge in [0.05, 0.1) is 12.9 Å². The molecule has 1 N–H and O–H groups in total. The van der Waals surface area contributed by atoms with Crippen molar-refractivity contribution in [2.24, 2.45) is 0 Å². The van der Waals surface area contributed by atoms with E-state index < -0.39 is 11.8 Å². The molecular formula is C12H9ClN4O2. The molecule has 0 aliphatic carbocycles. The standard InChI is InChI=1S/C12H9ClN4O2/c1-2-12(5-18)4-3-8(19-12)17-7-16-9-10(13)14-6-15-11(9)17/h1,3-4,6-8,18H,5H2/t8-,12+/m1/s1. The molecule has 0 amide bonds. The average Bonchev–Trinajstić information content (AvgIpc) is 3.03. The Hall–Kier alpha value is -1.94. The zero-order chi connectivity index (χ0) is 13.5. The second-order valence-electron chi connectivity index (χ2n) is 4.05. The number of aromatic nitrogens is 4. The van der Waals surface area contributed by atoms with Crippen molar-refractivity contribution in [1.82, 2.24) is 19.5 Å². The number of imidazole rings is 1. The van der Waals surface area contributed by atoms with Crippen LogP contribution in [0.15, 0.2) is 24.8 Å². The van der Waals surface area contributed by atoms with Gasteiger partial charge in [0.2, 0.25) is 0 Å². The van der Waals surface area contributed by atoms with Crippen LogP contribution < -0.4 is 0 Å². The lowest BCUT2D eigenvalue weighted by atomic mass is 10.1. The van der Waals surface area contributed by atoms with Crippen LogP contribution in [0.2, 0.25) is 5.15 Å². The normalized spacial score (nSPS) is 25.8. The molecule has 7 heteroatoms. The molecule has 3 heterocycles. The SMILES string of the molecule is C#C[C@@]1(CO)C=C[C@H](n2cnc3c(Cl)ncnc32)O1. The van der Waals surface area contributed by atoms with Crippen LogP contribution >= 0.6 is 11.6 Å². The first-order valence-corrected chi connectivity index (χ1v) is 5.86. The highest BCUT2D eigenvalue weighted by atomic mass is 35.5. The zero-order valence-corrected chi connectivity index (χ0v) is 10.4. The van der Waals surface area contributed by atoms with Gasteiger partial charge in [-0.15, -0.1) is 6.42 Å². The molecule has 0 spiro atoms. The van der Waals surface area contributed by atoms with Gasteiger partial charge in [-0.3, -0.25) is 4.57 Å². The quantitative estimate of drug-likeness (QED) is 0.502. The third-order valence-corrected chi connectivity index (χ3v) is 3.21. The lowest BCUT2D eigenvalue weighted by molar-refractivity contribution is -0.0470. The van der Waals surface area contributed by atoms with E-state index in [-0.39, 0.29) is 11.8 Å². The summed E-state index contributed by atoms with van der Waals surface area (Å²) in [6.07, 6.45) is 11.2. The van der Waals surface area contributed by atoms with Gasteiger partial charge in [0, 0.05) is 0 Å². The summed E-state index contributed by atoms with van der Waals surface area (Å²) in [7, 11) is 0. The number of halogens is 1. The second kappa shape index (κ2) is 4.31. The van der Waals surface area contributed by atoms with E-state index in [0.29, 0.717) is 11.2 Å². The highest BCUT2D eigenvalue weighted by Crippen LogP contribution is 2.31. The summed E-state index contributed by atoms with van der Waals surface area (Å²) >= 11 is 5.93. The average molecular weight is 277 g/mol. The number of aliphatic hydroxyl groups excluding tert-OH is 1. The number of ether oxygens (including phenoxy) is 1. The maximum atomic E-state index is 9.30. The lowest BCUT2D eigenvalue weighted by Gasteiger charge is -2.21. The largest absolute Gasteiger partial charge is 0.392 e. The second-order valence-corrected chi connectivity index (χ2v) is 4.41. The number of terminal acetylenes is 1. The first-order valence-electron chi connectivity index (χ1n) is 5.48. The third-order valence-electron chi connectivity index (χ3n) is 2.93. The van der Waals surface area contributed by atoms with Gasteiger partial charge in [-0.1, -0.05) is 17.5 Å². The van der Waals surface area contributed by atoms with Crippen molar-refractivity contribution in [3.8, 4) is 12.3 Å². The minimum absolute atomic E-state index is 0.274. The minimum atomic E-state index is -1.10. The molecule has 6 nitrogen and oxygen atoms in total. The van der Waals surface area contributed by atoms with Crippen molar-refractivity contribution in [2.45, 2.75) is 11.8 Å². The molecule has 0 radical (unpaired) electrons. The summed E-state index contributed by atoms with van der Waals surface area (Å²) in [6, 6.07) is 0. The molecular weight excluding hydrogens is 268 g/mol. The molecule has 0 unspecified atom stereocenters. The molecule has 3 rings (SSSR count). The van der Waals surface area contributed by atoms with Gasteiger partial charge in [0.1, 0.15) is 11.8 Å². The Morgan fingerprint density at radius 3 is 3.05 bits per heavy atom. The fraction of sp³-hybridized carbons (Fsp3) is 0.250. The Balaban J connectivity index is 2.02. The number of aliphatic hydroxyl groups is 1. The molecule has 1 aliphatic heterocycles. The minimum Gasteiger partial charge on any atom is -0.392 e. The predicted molar refractivity (Wildman–Crippen MR) is 68.2 cm³/mol. The van der Waals surface area contributed by atoms with Crippen LogP contribution in [0.25, 0.3) is 11.2 Å². The lowest BCUT2D eigenvalue weighted by Crippen LogP contribution is -2.31. The van der Waals surface area contributed by atoms with E-state index >= 15 is 0 Å². The van der Waals surface area contributed by atoms with Crippen LogP contribution in [-0.2, 0) is 4.74 Å².